The number of nitrogens with one attached hydrogen (secondary N) is 3. The Labute approximate surface area is 123 Å². The van der Waals surface area contributed by atoms with Gasteiger partial charge in [0.05, 0.1) is 19.8 Å². The molecule has 0 spiro atoms. The van der Waals surface area contributed by atoms with E-state index in [1.807, 2.05) is 24.4 Å². The number of carbonyl (C=O) groups excluding carboxylic acids is 1. The minimum absolute atomic E-state index is 0.0763. The third-order valence-corrected chi connectivity index (χ3v) is 3.30. The predicted molar refractivity (Wildman–Crippen MR) is 81.6 cm³/mol. The van der Waals surface area contributed by atoms with Gasteiger partial charge in [-0.15, -0.1) is 0 Å². The minimum Gasteiger partial charge on any atom is -0.496 e. The lowest BCUT2D eigenvalue weighted by atomic mass is 10.1. The van der Waals surface area contributed by atoms with E-state index in [2.05, 4.69) is 15.6 Å². The van der Waals surface area contributed by atoms with Crippen LogP contribution in [-0.2, 0) is 6.42 Å². The van der Waals surface area contributed by atoms with Crippen molar-refractivity contribution in [3.05, 3.63) is 30.0 Å². The molecule has 114 valence electrons. The van der Waals surface area contributed by atoms with Crippen molar-refractivity contribution >= 4 is 16.9 Å². The third kappa shape index (κ3) is 3.66. The fourth-order valence-electron chi connectivity index (χ4n) is 2.22. The predicted octanol–water partition coefficient (Wildman–Crippen LogP) is 1.40. The van der Waals surface area contributed by atoms with E-state index in [9.17, 15) is 4.79 Å². The maximum absolute atomic E-state index is 11.6. The van der Waals surface area contributed by atoms with Gasteiger partial charge >= 0.3 is 6.03 Å². The molecule has 1 unspecified atom stereocenters. The molecule has 2 aromatic rings. The van der Waals surface area contributed by atoms with Crippen molar-refractivity contribution in [2.45, 2.75) is 19.4 Å². The Hall–Kier alpha value is -2.21. The fourth-order valence-corrected chi connectivity index (χ4v) is 2.22. The number of urea groups is 1. The van der Waals surface area contributed by atoms with Gasteiger partial charge in [-0.25, -0.2) is 4.79 Å². The fraction of sp³-hybridized carbons (Fsp3) is 0.400. The molecule has 0 aliphatic carbocycles. The number of hydrogen-bond acceptors (Lipinski definition) is 3. The van der Waals surface area contributed by atoms with Crippen molar-refractivity contribution in [3.63, 3.8) is 0 Å². The zero-order chi connectivity index (χ0) is 15.2. The Morgan fingerprint density at radius 2 is 2.29 bits per heavy atom. The summed E-state index contributed by atoms with van der Waals surface area (Å²) in [5.41, 5.74) is 2.11. The van der Waals surface area contributed by atoms with Gasteiger partial charge in [0.15, 0.2) is 0 Å². The van der Waals surface area contributed by atoms with Crippen LogP contribution in [0.15, 0.2) is 24.4 Å². The molecule has 1 aromatic carbocycles. The first-order valence-electron chi connectivity index (χ1n) is 6.94. The highest BCUT2D eigenvalue weighted by atomic mass is 16.5. The Balaban J connectivity index is 1.96. The smallest absolute Gasteiger partial charge is 0.315 e. The molecule has 21 heavy (non-hydrogen) atoms. The van der Waals surface area contributed by atoms with Gasteiger partial charge in [0.2, 0.25) is 0 Å². The molecule has 4 N–H and O–H groups in total. The average Bonchev–Trinajstić information content (AvgIpc) is 2.90. The van der Waals surface area contributed by atoms with Crippen LogP contribution in [0.1, 0.15) is 12.5 Å². The lowest BCUT2D eigenvalue weighted by molar-refractivity contribution is 0.220. The molecule has 1 aromatic heterocycles. The van der Waals surface area contributed by atoms with Gasteiger partial charge in [-0.3, -0.25) is 0 Å². The second-order valence-corrected chi connectivity index (χ2v) is 4.93. The minimum atomic E-state index is -0.275. The van der Waals surface area contributed by atoms with Crippen LogP contribution >= 0.6 is 0 Å². The number of ether oxygens (including phenoxy) is 1. The second kappa shape index (κ2) is 6.99. The summed E-state index contributed by atoms with van der Waals surface area (Å²) < 4.78 is 5.37. The van der Waals surface area contributed by atoms with E-state index in [4.69, 9.17) is 9.84 Å². The van der Waals surface area contributed by atoms with E-state index in [-0.39, 0.29) is 18.7 Å². The summed E-state index contributed by atoms with van der Waals surface area (Å²) in [5.74, 6) is 0.821. The first-order valence-corrected chi connectivity index (χ1v) is 6.94. The molecule has 0 aliphatic rings. The summed E-state index contributed by atoms with van der Waals surface area (Å²) >= 11 is 0. The lowest BCUT2D eigenvalue weighted by Crippen LogP contribution is -2.42. The molecular formula is C15H21N3O3. The molecule has 1 atom stereocenters. The van der Waals surface area contributed by atoms with Crippen molar-refractivity contribution in [2.75, 3.05) is 20.3 Å². The molecule has 1 heterocycles. The summed E-state index contributed by atoms with van der Waals surface area (Å²) in [7, 11) is 1.65. The molecule has 0 saturated carbocycles. The third-order valence-electron chi connectivity index (χ3n) is 3.30. The van der Waals surface area contributed by atoms with E-state index in [1.165, 1.54) is 0 Å². The van der Waals surface area contributed by atoms with E-state index < -0.39 is 0 Å². The van der Waals surface area contributed by atoms with E-state index in [1.54, 1.807) is 14.0 Å². The Kier molecular flexibility index (Phi) is 5.05. The summed E-state index contributed by atoms with van der Waals surface area (Å²) in [6.45, 7) is 2.17. The molecule has 0 fully saturated rings. The molecule has 0 bridgehead atoms. The van der Waals surface area contributed by atoms with Crippen LogP contribution in [0.2, 0.25) is 0 Å². The standard InChI is InChI=1S/C15H21N3O3/c1-10(9-19)18-15(20)16-7-6-11-8-17-12-4-3-5-13(21-2)14(11)12/h3-5,8,10,17,19H,6-7,9H2,1-2H3,(H2,16,18,20). The summed E-state index contributed by atoms with van der Waals surface area (Å²) in [6.07, 6.45) is 2.63. The first kappa shape index (κ1) is 15.2. The normalized spacial score (nSPS) is 12.1. The second-order valence-electron chi connectivity index (χ2n) is 4.93. The van der Waals surface area contributed by atoms with Crippen molar-refractivity contribution in [1.82, 2.24) is 15.6 Å². The van der Waals surface area contributed by atoms with Gasteiger partial charge in [-0.2, -0.15) is 0 Å². The topological polar surface area (TPSA) is 86.4 Å². The maximum atomic E-state index is 11.6. The number of aromatic nitrogens is 1. The number of aromatic amines is 1. The van der Waals surface area contributed by atoms with Crippen molar-refractivity contribution in [3.8, 4) is 5.75 Å². The molecule has 0 radical (unpaired) electrons. The summed E-state index contributed by atoms with van der Waals surface area (Å²) in [4.78, 5) is 14.8. The van der Waals surface area contributed by atoms with E-state index >= 15 is 0 Å². The van der Waals surface area contributed by atoms with Crippen LogP contribution in [0.3, 0.4) is 0 Å². The molecule has 2 rings (SSSR count). The quantitative estimate of drug-likeness (QED) is 0.649. The summed E-state index contributed by atoms with van der Waals surface area (Å²) in [5, 5.41) is 15.3. The van der Waals surface area contributed by atoms with Crippen molar-refractivity contribution in [1.29, 1.82) is 0 Å². The number of aliphatic hydroxyl groups is 1. The van der Waals surface area contributed by atoms with Crippen LogP contribution in [-0.4, -0.2) is 42.4 Å². The number of H-pyrrole nitrogens is 1. The molecule has 0 saturated heterocycles. The van der Waals surface area contributed by atoms with Crippen LogP contribution in [0.4, 0.5) is 4.79 Å². The van der Waals surface area contributed by atoms with Crippen LogP contribution in [0, 0.1) is 0 Å². The monoisotopic (exact) mass is 291 g/mol. The van der Waals surface area contributed by atoms with Gasteiger partial charge in [-0.1, -0.05) is 6.07 Å². The van der Waals surface area contributed by atoms with Crippen molar-refractivity contribution < 1.29 is 14.6 Å². The highest BCUT2D eigenvalue weighted by Crippen LogP contribution is 2.28. The Bertz CT molecular complexity index is 609. The van der Waals surface area contributed by atoms with E-state index in [0.29, 0.717) is 13.0 Å². The van der Waals surface area contributed by atoms with Gasteiger partial charge in [-0.05, 0) is 31.0 Å². The van der Waals surface area contributed by atoms with Gasteiger partial charge in [0.25, 0.3) is 0 Å². The number of rotatable bonds is 6. The Morgan fingerprint density at radius 1 is 1.48 bits per heavy atom. The van der Waals surface area contributed by atoms with Crippen molar-refractivity contribution in [2.24, 2.45) is 0 Å². The number of carbonyl (C=O) groups is 1. The number of amides is 2. The zero-order valence-corrected chi connectivity index (χ0v) is 12.3. The Morgan fingerprint density at radius 3 is 3.00 bits per heavy atom. The highest BCUT2D eigenvalue weighted by molar-refractivity contribution is 5.89. The van der Waals surface area contributed by atoms with E-state index in [0.717, 1.165) is 22.2 Å². The molecule has 6 nitrogen and oxygen atoms in total. The number of methoxy groups -OCH3 is 1. The molecule has 6 heteroatoms. The van der Waals surface area contributed by atoms with Gasteiger partial charge in [0.1, 0.15) is 5.75 Å². The number of aliphatic hydroxyl groups excluding tert-OH is 1. The van der Waals surface area contributed by atoms with Gasteiger partial charge in [0, 0.05) is 23.6 Å². The molecular weight excluding hydrogens is 270 g/mol. The largest absolute Gasteiger partial charge is 0.496 e. The number of hydrogen-bond donors (Lipinski definition) is 4. The molecule has 0 aliphatic heterocycles. The average molecular weight is 291 g/mol. The highest BCUT2D eigenvalue weighted by Gasteiger charge is 2.10. The first-order chi connectivity index (χ1) is 10.2. The van der Waals surface area contributed by atoms with Crippen LogP contribution < -0.4 is 15.4 Å². The molecule has 2 amide bonds. The zero-order valence-electron chi connectivity index (χ0n) is 12.3. The number of fused-ring (bicyclic) bond motifs is 1. The number of benzene rings is 1. The van der Waals surface area contributed by atoms with Gasteiger partial charge < -0.3 is 25.5 Å². The SMILES string of the molecule is COc1cccc2[nH]cc(CCNC(=O)NC(C)CO)c12. The van der Waals surface area contributed by atoms with Crippen LogP contribution in [0.25, 0.3) is 10.9 Å². The summed E-state index contributed by atoms with van der Waals surface area (Å²) in [6, 6.07) is 5.32. The van der Waals surface area contributed by atoms with Crippen LogP contribution in [0.5, 0.6) is 5.75 Å². The maximum Gasteiger partial charge on any atom is 0.315 e. The lowest BCUT2D eigenvalue weighted by Gasteiger charge is -2.12.